The van der Waals surface area contributed by atoms with E-state index in [0.717, 1.165) is 38.3 Å². The maximum atomic E-state index is 14.3. The largest absolute Gasteiger partial charge is 0.492 e. The van der Waals surface area contributed by atoms with Crippen molar-refractivity contribution in [2.24, 2.45) is 5.92 Å². The predicted octanol–water partition coefficient (Wildman–Crippen LogP) is 3.97. The van der Waals surface area contributed by atoms with Crippen LogP contribution in [0.5, 0.6) is 11.5 Å². The van der Waals surface area contributed by atoms with E-state index in [4.69, 9.17) is 9.47 Å². The number of hydrogen-bond acceptors (Lipinski definition) is 8. The Kier molecular flexibility index (Phi) is 7.55. The second-order valence-electron chi connectivity index (χ2n) is 9.05. The molecule has 0 bridgehead atoms. The van der Waals surface area contributed by atoms with Gasteiger partial charge in [-0.05, 0) is 55.2 Å². The van der Waals surface area contributed by atoms with E-state index in [1.807, 2.05) is 12.1 Å². The van der Waals surface area contributed by atoms with Crippen LogP contribution in [0.3, 0.4) is 0 Å². The molecule has 1 aliphatic heterocycles. The summed E-state index contributed by atoms with van der Waals surface area (Å²) in [6.07, 6.45) is 4.02. The van der Waals surface area contributed by atoms with Crippen LogP contribution < -0.4 is 20.1 Å². The Labute approximate surface area is 210 Å². The second kappa shape index (κ2) is 11.3. The molecule has 1 saturated carbocycles. The summed E-state index contributed by atoms with van der Waals surface area (Å²) < 4.78 is 25.9. The number of nitriles is 1. The first kappa shape index (κ1) is 24.0. The number of halogens is 1. The highest BCUT2D eigenvalue weighted by Crippen LogP contribution is 2.32. The number of rotatable bonds is 10. The molecular weight excluding hydrogens is 459 g/mol. The van der Waals surface area contributed by atoms with Crippen LogP contribution in [0, 0.1) is 23.1 Å². The third kappa shape index (κ3) is 6.27. The molecule has 1 aliphatic carbocycles. The predicted molar refractivity (Wildman–Crippen MR) is 135 cm³/mol. The van der Waals surface area contributed by atoms with Crippen LogP contribution in [0.2, 0.25) is 0 Å². The number of nitrogens with zero attached hydrogens (tertiary/aromatic N) is 4. The van der Waals surface area contributed by atoms with Crippen LogP contribution in [0.1, 0.15) is 18.4 Å². The third-order valence-corrected chi connectivity index (χ3v) is 6.28. The zero-order valence-corrected chi connectivity index (χ0v) is 20.0. The van der Waals surface area contributed by atoms with Crippen LogP contribution in [-0.4, -0.2) is 60.8 Å². The zero-order valence-electron chi connectivity index (χ0n) is 20.0. The molecule has 2 aromatic carbocycles. The van der Waals surface area contributed by atoms with Gasteiger partial charge in [-0.25, -0.2) is 14.4 Å². The summed E-state index contributed by atoms with van der Waals surface area (Å²) in [6, 6.07) is 14.1. The lowest BCUT2D eigenvalue weighted by molar-refractivity contribution is 0.188. The summed E-state index contributed by atoms with van der Waals surface area (Å²) in [5, 5.41) is 16.0. The van der Waals surface area contributed by atoms with E-state index in [0.29, 0.717) is 47.8 Å². The van der Waals surface area contributed by atoms with Gasteiger partial charge in [-0.2, -0.15) is 5.26 Å². The molecule has 2 heterocycles. The van der Waals surface area contributed by atoms with Gasteiger partial charge in [0.05, 0.1) is 17.9 Å². The fraction of sp³-hybridized carbons (Fsp3) is 0.370. The fourth-order valence-electron chi connectivity index (χ4n) is 4.01. The van der Waals surface area contributed by atoms with Crippen LogP contribution in [0.25, 0.3) is 11.3 Å². The zero-order chi connectivity index (χ0) is 24.7. The monoisotopic (exact) mass is 488 g/mol. The van der Waals surface area contributed by atoms with Crippen molar-refractivity contribution in [2.75, 3.05) is 51.3 Å². The summed E-state index contributed by atoms with van der Waals surface area (Å²) in [5.41, 5.74) is 2.54. The molecule has 1 saturated heterocycles. The van der Waals surface area contributed by atoms with Gasteiger partial charge in [-0.15, -0.1) is 0 Å². The molecule has 0 atom stereocenters. The molecular formula is C27H29FN6O2. The van der Waals surface area contributed by atoms with Crippen molar-refractivity contribution in [3.63, 3.8) is 0 Å². The molecule has 0 amide bonds. The minimum Gasteiger partial charge on any atom is -0.492 e. The highest BCUT2D eigenvalue weighted by molar-refractivity contribution is 5.66. The summed E-state index contributed by atoms with van der Waals surface area (Å²) in [5.74, 6) is 1.33. The minimum atomic E-state index is -0.413. The topological polar surface area (TPSA) is 95.3 Å². The minimum absolute atomic E-state index is 0.187. The van der Waals surface area contributed by atoms with E-state index in [9.17, 15) is 9.65 Å². The first-order valence-corrected chi connectivity index (χ1v) is 12.3. The van der Waals surface area contributed by atoms with Crippen molar-refractivity contribution < 1.29 is 13.9 Å². The Bertz CT molecular complexity index is 1240. The van der Waals surface area contributed by atoms with Crippen molar-refractivity contribution in [2.45, 2.75) is 12.8 Å². The highest BCUT2D eigenvalue weighted by atomic mass is 19.1. The molecule has 2 fully saturated rings. The first-order valence-electron chi connectivity index (χ1n) is 12.3. The van der Waals surface area contributed by atoms with Crippen LogP contribution in [0.15, 0.2) is 48.7 Å². The molecule has 36 heavy (non-hydrogen) atoms. The van der Waals surface area contributed by atoms with Crippen LogP contribution in [0.4, 0.5) is 16.0 Å². The van der Waals surface area contributed by atoms with Gasteiger partial charge in [0.25, 0.3) is 0 Å². The number of anilines is 2. The lowest BCUT2D eigenvalue weighted by Gasteiger charge is -2.26. The molecule has 5 rings (SSSR count). The van der Waals surface area contributed by atoms with Gasteiger partial charge in [0.1, 0.15) is 18.4 Å². The SMILES string of the molecule is N#Cc1cc(-c2ccnc(Nc3ccc(F)c(OCCN4CCNCC4)c3)n2)ccc1OCC1CC1. The summed E-state index contributed by atoms with van der Waals surface area (Å²) in [6.45, 7) is 5.66. The van der Waals surface area contributed by atoms with Crippen molar-refractivity contribution in [1.82, 2.24) is 20.2 Å². The van der Waals surface area contributed by atoms with E-state index in [1.54, 1.807) is 30.5 Å². The third-order valence-electron chi connectivity index (χ3n) is 6.28. The lowest BCUT2D eigenvalue weighted by Crippen LogP contribution is -2.44. The Hall–Kier alpha value is -3.74. The maximum absolute atomic E-state index is 14.3. The lowest BCUT2D eigenvalue weighted by atomic mass is 10.1. The highest BCUT2D eigenvalue weighted by Gasteiger charge is 2.22. The van der Waals surface area contributed by atoms with Crippen LogP contribution >= 0.6 is 0 Å². The van der Waals surface area contributed by atoms with Gasteiger partial charge in [-0.3, -0.25) is 4.90 Å². The van der Waals surface area contributed by atoms with Gasteiger partial charge in [0.15, 0.2) is 11.6 Å². The van der Waals surface area contributed by atoms with Gasteiger partial charge in [0.2, 0.25) is 5.95 Å². The Morgan fingerprint density at radius 3 is 2.75 bits per heavy atom. The molecule has 0 radical (unpaired) electrons. The molecule has 3 aromatic rings. The molecule has 0 unspecified atom stereocenters. The number of ether oxygens (including phenoxy) is 2. The number of piperazine rings is 1. The summed E-state index contributed by atoms with van der Waals surface area (Å²) in [4.78, 5) is 11.2. The van der Waals surface area contributed by atoms with Crippen molar-refractivity contribution in [3.8, 4) is 28.8 Å². The number of nitrogens with one attached hydrogen (secondary N) is 2. The molecule has 186 valence electrons. The molecule has 8 nitrogen and oxygen atoms in total. The van der Waals surface area contributed by atoms with Gasteiger partial charge < -0.3 is 20.1 Å². The second-order valence-corrected chi connectivity index (χ2v) is 9.05. The standard InChI is InChI=1S/C27H29FN6O2/c28-23-5-4-22(16-26(23)35-14-13-34-11-9-30-10-12-34)32-27-31-8-7-24(33-27)20-3-6-25(21(15-20)17-29)36-18-19-1-2-19/h3-8,15-16,19,30H,1-2,9-14,18H2,(H,31,32,33). The summed E-state index contributed by atoms with van der Waals surface area (Å²) >= 11 is 0. The van der Waals surface area contributed by atoms with Crippen molar-refractivity contribution >= 4 is 11.6 Å². The normalized spacial score (nSPS) is 15.8. The maximum Gasteiger partial charge on any atom is 0.227 e. The molecule has 0 spiro atoms. The van der Waals surface area contributed by atoms with E-state index in [2.05, 4.69) is 31.6 Å². The van der Waals surface area contributed by atoms with E-state index in [1.165, 1.54) is 18.9 Å². The van der Waals surface area contributed by atoms with Gasteiger partial charge >= 0.3 is 0 Å². The van der Waals surface area contributed by atoms with Crippen LogP contribution in [-0.2, 0) is 0 Å². The van der Waals surface area contributed by atoms with Gasteiger partial charge in [-0.1, -0.05) is 0 Å². The Balaban J connectivity index is 1.24. The number of benzene rings is 2. The Morgan fingerprint density at radius 2 is 1.94 bits per heavy atom. The number of hydrogen-bond donors (Lipinski definition) is 2. The smallest absolute Gasteiger partial charge is 0.227 e. The first-order chi connectivity index (χ1) is 17.7. The average Bonchev–Trinajstić information content (AvgIpc) is 3.75. The average molecular weight is 489 g/mol. The van der Waals surface area contributed by atoms with E-state index >= 15 is 0 Å². The molecule has 2 aliphatic rings. The van der Waals surface area contributed by atoms with E-state index < -0.39 is 5.82 Å². The van der Waals surface area contributed by atoms with Gasteiger partial charge in [0, 0.05) is 56.2 Å². The Morgan fingerprint density at radius 1 is 1.08 bits per heavy atom. The quantitative estimate of drug-likeness (QED) is 0.443. The van der Waals surface area contributed by atoms with Crippen molar-refractivity contribution in [3.05, 3.63) is 60.0 Å². The molecule has 2 N–H and O–H groups in total. The fourth-order valence-corrected chi connectivity index (χ4v) is 4.01. The van der Waals surface area contributed by atoms with E-state index in [-0.39, 0.29) is 5.75 Å². The molecule has 1 aromatic heterocycles. The van der Waals surface area contributed by atoms with Crippen molar-refractivity contribution in [1.29, 1.82) is 5.26 Å². The number of aromatic nitrogens is 2. The summed E-state index contributed by atoms with van der Waals surface area (Å²) in [7, 11) is 0. The molecule has 9 heteroatoms.